The molecule has 0 fully saturated rings. The molecule has 0 saturated carbocycles. The lowest BCUT2D eigenvalue weighted by Gasteiger charge is -2.16. The molecule has 0 saturated heterocycles. The molecule has 6 nitrogen and oxygen atoms in total. The van der Waals surface area contributed by atoms with Crippen LogP contribution in [0.2, 0.25) is 5.02 Å². The summed E-state index contributed by atoms with van der Waals surface area (Å²) in [7, 11) is 1.54. The number of aryl methyl sites for hydroxylation is 1. The Morgan fingerprint density at radius 2 is 1.82 bits per heavy atom. The average Bonchev–Trinajstić information content (AvgIpc) is 2.89. The van der Waals surface area contributed by atoms with Crippen LogP contribution in [0.25, 0.3) is 10.9 Å². The van der Waals surface area contributed by atoms with Crippen molar-refractivity contribution in [2.24, 2.45) is 5.10 Å². The zero-order valence-electron chi connectivity index (χ0n) is 20.4. The summed E-state index contributed by atoms with van der Waals surface area (Å²) in [5.41, 5.74) is 1.96. The molecule has 38 heavy (non-hydrogen) atoms. The Bertz CT molecular complexity index is 1590. The molecule has 11 heteroatoms. The van der Waals surface area contributed by atoms with E-state index in [0.717, 1.165) is 31.8 Å². The van der Waals surface area contributed by atoms with Crippen molar-refractivity contribution in [3.8, 4) is 11.5 Å². The molecule has 3 aromatic carbocycles. The molecule has 0 aliphatic carbocycles. The minimum atomic E-state index is -0.243. The molecule has 0 radical (unpaired) electrons. The van der Waals surface area contributed by atoms with Gasteiger partial charge in [0.05, 0.1) is 24.2 Å². The van der Waals surface area contributed by atoms with Gasteiger partial charge >= 0.3 is 0 Å². The number of unbranched alkanes of at least 4 members (excludes halogenated alkanes) is 1. The minimum Gasteiger partial charge on any atom is -0.493 e. The monoisotopic (exact) mass is 787 g/mol. The Morgan fingerprint density at radius 1 is 1.08 bits per heavy atom. The summed E-state index contributed by atoms with van der Waals surface area (Å²) in [4.78, 5) is 18.1. The third-order valence-electron chi connectivity index (χ3n) is 5.70. The van der Waals surface area contributed by atoms with Crippen LogP contribution in [0.4, 0.5) is 0 Å². The number of nitrogens with zero attached hydrogens (tertiary/aromatic N) is 3. The molecule has 0 bridgehead atoms. The van der Waals surface area contributed by atoms with E-state index in [9.17, 15) is 4.79 Å². The van der Waals surface area contributed by atoms with Gasteiger partial charge in [0.1, 0.15) is 17.5 Å². The Labute approximate surface area is 258 Å². The van der Waals surface area contributed by atoms with Crippen molar-refractivity contribution < 1.29 is 9.47 Å². The number of ether oxygens (including phenoxy) is 2. The largest absolute Gasteiger partial charge is 0.493 e. The maximum absolute atomic E-state index is 13.4. The molecule has 0 atom stereocenters. The van der Waals surface area contributed by atoms with Crippen molar-refractivity contribution in [1.82, 2.24) is 9.66 Å². The predicted molar refractivity (Wildman–Crippen MR) is 167 cm³/mol. The molecule has 0 aliphatic heterocycles. The molecule has 0 spiro atoms. The van der Waals surface area contributed by atoms with E-state index in [1.165, 1.54) is 4.68 Å². The van der Waals surface area contributed by atoms with Crippen LogP contribution in [0.1, 0.15) is 36.7 Å². The van der Waals surface area contributed by atoms with E-state index < -0.39 is 0 Å². The second kappa shape index (κ2) is 13.1. The number of benzene rings is 3. The second-order valence-corrected chi connectivity index (χ2v) is 12.2. The highest BCUT2D eigenvalue weighted by Gasteiger charge is 2.18. The van der Waals surface area contributed by atoms with Gasteiger partial charge in [-0.3, -0.25) is 4.79 Å². The third-order valence-corrected chi connectivity index (χ3v) is 8.87. The van der Waals surface area contributed by atoms with Gasteiger partial charge in [0.15, 0.2) is 11.5 Å². The Morgan fingerprint density at radius 3 is 2.53 bits per heavy atom. The van der Waals surface area contributed by atoms with Crippen molar-refractivity contribution in [2.45, 2.75) is 32.8 Å². The van der Waals surface area contributed by atoms with Gasteiger partial charge in [0.25, 0.3) is 5.56 Å². The number of methoxy groups -OCH3 is 1. The van der Waals surface area contributed by atoms with E-state index in [4.69, 9.17) is 26.1 Å². The van der Waals surface area contributed by atoms with Gasteiger partial charge in [-0.2, -0.15) is 9.78 Å². The van der Waals surface area contributed by atoms with Crippen molar-refractivity contribution >= 4 is 92.4 Å². The van der Waals surface area contributed by atoms with Gasteiger partial charge in [-0.25, -0.2) is 4.98 Å². The highest BCUT2D eigenvalue weighted by Crippen LogP contribution is 2.42. The summed E-state index contributed by atoms with van der Waals surface area (Å²) in [6, 6.07) is 13.1. The van der Waals surface area contributed by atoms with Crippen LogP contribution in [0.15, 0.2) is 70.3 Å². The molecule has 198 valence electrons. The maximum atomic E-state index is 13.4. The first-order chi connectivity index (χ1) is 18.2. The zero-order chi connectivity index (χ0) is 27.4. The summed E-state index contributed by atoms with van der Waals surface area (Å²) < 4.78 is 16.2. The molecule has 4 rings (SSSR count). The smallest absolute Gasteiger partial charge is 0.282 e. The van der Waals surface area contributed by atoms with E-state index in [2.05, 4.69) is 75.7 Å². The average molecular weight is 792 g/mol. The quantitative estimate of drug-likeness (QED) is 0.159. The number of hydrogen-bond acceptors (Lipinski definition) is 5. The van der Waals surface area contributed by atoms with Gasteiger partial charge < -0.3 is 9.47 Å². The summed E-state index contributed by atoms with van der Waals surface area (Å²) in [6.07, 6.45) is 4.04. The lowest BCUT2D eigenvalue weighted by atomic mass is 10.2. The van der Waals surface area contributed by atoms with E-state index in [1.807, 2.05) is 30.3 Å². The minimum absolute atomic E-state index is 0.243. The Balaban J connectivity index is 1.72. The van der Waals surface area contributed by atoms with Crippen LogP contribution < -0.4 is 15.0 Å². The topological polar surface area (TPSA) is 65.7 Å². The number of rotatable bonds is 9. The SMILES string of the molecule is CCCCc1nc2ccc(Br)cc2c(=O)n1N=Cc1cc(OC)c(OCc2ccc(Br)cc2Br)c(Cl)c1Br. The highest BCUT2D eigenvalue weighted by molar-refractivity contribution is 9.11. The van der Waals surface area contributed by atoms with E-state index in [-0.39, 0.29) is 12.2 Å². The van der Waals surface area contributed by atoms with E-state index >= 15 is 0 Å². The molecular formula is C27H22Br4ClN3O3. The van der Waals surface area contributed by atoms with E-state index in [1.54, 1.807) is 25.5 Å². The highest BCUT2D eigenvalue weighted by atomic mass is 79.9. The molecule has 1 aromatic heterocycles. The first-order valence-electron chi connectivity index (χ1n) is 11.6. The Hall–Kier alpha value is -1.72. The van der Waals surface area contributed by atoms with Crippen molar-refractivity contribution in [2.75, 3.05) is 7.11 Å². The molecule has 1 heterocycles. The van der Waals surface area contributed by atoms with Crippen LogP contribution in [-0.2, 0) is 13.0 Å². The Kier molecular flexibility index (Phi) is 10.1. The lowest BCUT2D eigenvalue weighted by molar-refractivity contribution is 0.284. The fraction of sp³-hybridized carbons (Fsp3) is 0.222. The summed E-state index contributed by atoms with van der Waals surface area (Å²) in [5, 5.41) is 5.35. The second-order valence-electron chi connectivity index (χ2n) is 8.30. The van der Waals surface area contributed by atoms with Gasteiger partial charge in [-0.1, -0.05) is 78.8 Å². The number of fused-ring (bicyclic) bond motifs is 1. The molecule has 0 amide bonds. The van der Waals surface area contributed by atoms with Crippen molar-refractivity contribution in [1.29, 1.82) is 0 Å². The van der Waals surface area contributed by atoms with Gasteiger partial charge in [0, 0.05) is 35.4 Å². The molecular weight excluding hydrogens is 769 g/mol. The van der Waals surface area contributed by atoms with Gasteiger partial charge in [-0.15, -0.1) is 0 Å². The number of halogens is 5. The summed E-state index contributed by atoms with van der Waals surface area (Å²) >= 11 is 20.7. The number of aromatic nitrogens is 2. The van der Waals surface area contributed by atoms with Crippen LogP contribution in [0.5, 0.6) is 11.5 Å². The van der Waals surface area contributed by atoms with Gasteiger partial charge in [0.2, 0.25) is 0 Å². The molecule has 0 N–H and O–H groups in total. The fourth-order valence-electron chi connectivity index (χ4n) is 3.70. The predicted octanol–water partition coefficient (Wildman–Crippen LogP) is 8.91. The molecule has 0 aliphatic rings. The van der Waals surface area contributed by atoms with E-state index in [0.29, 0.717) is 49.7 Å². The molecule has 0 unspecified atom stereocenters. The molecule has 4 aromatic rings. The van der Waals surface area contributed by atoms with Crippen molar-refractivity contribution in [3.63, 3.8) is 0 Å². The summed E-state index contributed by atoms with van der Waals surface area (Å²) in [5.74, 6) is 1.43. The van der Waals surface area contributed by atoms with Crippen LogP contribution >= 0.6 is 75.3 Å². The summed E-state index contributed by atoms with van der Waals surface area (Å²) in [6.45, 7) is 2.37. The first kappa shape index (κ1) is 29.3. The number of hydrogen-bond donors (Lipinski definition) is 0. The van der Waals surface area contributed by atoms with Crippen molar-refractivity contribution in [3.05, 3.63) is 92.7 Å². The standard InChI is InChI=1S/C27H22Br4ClN3O3/c1-3-4-5-23-34-21-9-8-17(28)11-19(21)27(36)35(23)33-13-16-10-22(37-2)26(25(32)24(16)31)38-14-15-6-7-18(29)12-20(15)30/h6-13H,3-5,14H2,1-2H3. The fourth-order valence-corrected chi connectivity index (χ4v) is 5.88. The normalized spacial score (nSPS) is 11.4. The van der Waals surface area contributed by atoms with Crippen LogP contribution in [0.3, 0.4) is 0 Å². The van der Waals surface area contributed by atoms with Crippen LogP contribution in [-0.4, -0.2) is 23.0 Å². The zero-order valence-corrected chi connectivity index (χ0v) is 27.5. The third kappa shape index (κ3) is 6.53. The lowest BCUT2D eigenvalue weighted by Crippen LogP contribution is -2.22. The first-order valence-corrected chi connectivity index (χ1v) is 15.2. The van der Waals surface area contributed by atoms with Crippen LogP contribution in [0, 0.1) is 0 Å². The van der Waals surface area contributed by atoms with Gasteiger partial charge in [-0.05, 0) is 58.7 Å². The maximum Gasteiger partial charge on any atom is 0.282 e.